The fraction of sp³-hybridized carbons (Fsp3) is 0.250. The summed E-state index contributed by atoms with van der Waals surface area (Å²) in [5.41, 5.74) is 3.45. The molecule has 2 aromatic rings. The van der Waals surface area contributed by atoms with Crippen molar-refractivity contribution in [1.29, 1.82) is 0 Å². The Morgan fingerprint density at radius 2 is 1.84 bits per heavy atom. The second kappa shape index (κ2) is 6.42. The van der Waals surface area contributed by atoms with Crippen LogP contribution >= 0.6 is 23.2 Å². The van der Waals surface area contributed by atoms with E-state index in [1.165, 1.54) is 5.56 Å². The van der Waals surface area contributed by atoms with E-state index >= 15 is 0 Å². The van der Waals surface area contributed by atoms with Crippen LogP contribution in [-0.4, -0.2) is 6.54 Å². The minimum absolute atomic E-state index is 0.113. The topological polar surface area (TPSA) is 12.0 Å². The molecule has 0 saturated heterocycles. The standard InChI is InChI=1S/C16H17Cl2N/c1-3-19-16(12-6-4-7-13(17)10-12)14-8-5-9-15(18)11(14)2/h4-10,16,19H,3H2,1-2H3. The summed E-state index contributed by atoms with van der Waals surface area (Å²) in [5, 5.41) is 5.04. The van der Waals surface area contributed by atoms with Crippen LogP contribution in [-0.2, 0) is 0 Å². The highest BCUT2D eigenvalue weighted by Crippen LogP contribution is 2.29. The van der Waals surface area contributed by atoms with E-state index in [2.05, 4.69) is 24.4 Å². The lowest BCUT2D eigenvalue weighted by Crippen LogP contribution is -2.22. The molecule has 0 aliphatic rings. The SMILES string of the molecule is CCNC(c1cccc(Cl)c1)c1cccc(Cl)c1C. The van der Waals surface area contributed by atoms with Crippen molar-refractivity contribution in [3.05, 3.63) is 69.2 Å². The van der Waals surface area contributed by atoms with Gasteiger partial charge in [0.2, 0.25) is 0 Å². The van der Waals surface area contributed by atoms with Crippen molar-refractivity contribution in [1.82, 2.24) is 5.32 Å². The lowest BCUT2D eigenvalue weighted by atomic mass is 9.95. The first-order valence-corrected chi connectivity index (χ1v) is 7.13. The molecule has 0 aromatic heterocycles. The van der Waals surface area contributed by atoms with Crippen molar-refractivity contribution in [2.24, 2.45) is 0 Å². The molecule has 0 amide bonds. The highest BCUT2D eigenvalue weighted by molar-refractivity contribution is 6.31. The van der Waals surface area contributed by atoms with Crippen molar-refractivity contribution in [2.75, 3.05) is 6.54 Å². The molecular formula is C16H17Cl2N. The summed E-state index contributed by atoms with van der Waals surface area (Å²) in [6.07, 6.45) is 0. The largest absolute Gasteiger partial charge is 0.307 e. The molecule has 2 aromatic carbocycles. The third-order valence-corrected chi connectivity index (χ3v) is 3.86. The molecule has 0 saturated carbocycles. The highest BCUT2D eigenvalue weighted by atomic mass is 35.5. The molecule has 1 N–H and O–H groups in total. The maximum absolute atomic E-state index is 6.22. The highest BCUT2D eigenvalue weighted by Gasteiger charge is 2.16. The third kappa shape index (κ3) is 3.30. The number of benzene rings is 2. The van der Waals surface area contributed by atoms with Gasteiger partial charge in [0.1, 0.15) is 0 Å². The van der Waals surface area contributed by atoms with Gasteiger partial charge in [0.15, 0.2) is 0 Å². The number of rotatable bonds is 4. The molecule has 0 spiro atoms. The Kier molecular flexibility index (Phi) is 4.87. The first-order chi connectivity index (χ1) is 9.13. The molecular weight excluding hydrogens is 277 g/mol. The van der Waals surface area contributed by atoms with Crippen LogP contribution in [0.15, 0.2) is 42.5 Å². The van der Waals surface area contributed by atoms with E-state index in [9.17, 15) is 0 Å². The summed E-state index contributed by atoms with van der Waals surface area (Å²) < 4.78 is 0. The Hall–Kier alpha value is -1.02. The molecule has 100 valence electrons. The van der Waals surface area contributed by atoms with Crippen LogP contribution in [0.1, 0.15) is 29.7 Å². The first-order valence-electron chi connectivity index (χ1n) is 6.37. The zero-order valence-corrected chi connectivity index (χ0v) is 12.6. The smallest absolute Gasteiger partial charge is 0.0580 e. The average molecular weight is 294 g/mol. The second-order valence-electron chi connectivity index (χ2n) is 4.50. The Morgan fingerprint density at radius 1 is 1.11 bits per heavy atom. The van der Waals surface area contributed by atoms with Gasteiger partial charge in [0, 0.05) is 10.0 Å². The lowest BCUT2D eigenvalue weighted by molar-refractivity contribution is 0.628. The molecule has 2 rings (SSSR count). The summed E-state index contributed by atoms with van der Waals surface area (Å²) in [6, 6.07) is 14.1. The summed E-state index contributed by atoms with van der Waals surface area (Å²) >= 11 is 12.3. The molecule has 3 heteroatoms. The molecule has 1 atom stereocenters. The Morgan fingerprint density at radius 3 is 2.53 bits per heavy atom. The molecule has 0 bridgehead atoms. The minimum Gasteiger partial charge on any atom is -0.307 e. The monoisotopic (exact) mass is 293 g/mol. The number of hydrogen-bond acceptors (Lipinski definition) is 1. The van der Waals surface area contributed by atoms with E-state index in [1.807, 2.05) is 37.3 Å². The van der Waals surface area contributed by atoms with E-state index < -0.39 is 0 Å². The van der Waals surface area contributed by atoms with Crippen LogP contribution in [0.2, 0.25) is 10.0 Å². The van der Waals surface area contributed by atoms with E-state index in [0.717, 1.165) is 27.7 Å². The fourth-order valence-electron chi connectivity index (χ4n) is 2.23. The van der Waals surface area contributed by atoms with Crippen LogP contribution < -0.4 is 5.32 Å². The van der Waals surface area contributed by atoms with Gasteiger partial charge >= 0.3 is 0 Å². The quantitative estimate of drug-likeness (QED) is 0.836. The van der Waals surface area contributed by atoms with Crippen LogP contribution in [0.5, 0.6) is 0 Å². The summed E-state index contributed by atoms with van der Waals surface area (Å²) in [5.74, 6) is 0. The average Bonchev–Trinajstić information content (AvgIpc) is 2.40. The number of nitrogens with one attached hydrogen (secondary N) is 1. The van der Waals surface area contributed by atoms with Crippen molar-refractivity contribution < 1.29 is 0 Å². The molecule has 0 radical (unpaired) electrons. The van der Waals surface area contributed by atoms with Gasteiger partial charge in [-0.1, -0.05) is 54.4 Å². The Bertz CT molecular complexity index is 566. The summed E-state index contributed by atoms with van der Waals surface area (Å²) in [7, 11) is 0. The van der Waals surface area contributed by atoms with Crippen molar-refractivity contribution in [3.8, 4) is 0 Å². The predicted molar refractivity (Wildman–Crippen MR) is 83.2 cm³/mol. The molecule has 0 aliphatic carbocycles. The lowest BCUT2D eigenvalue weighted by Gasteiger charge is -2.21. The zero-order valence-electron chi connectivity index (χ0n) is 11.1. The third-order valence-electron chi connectivity index (χ3n) is 3.21. The Labute approximate surface area is 124 Å². The van der Waals surface area contributed by atoms with Gasteiger partial charge < -0.3 is 5.32 Å². The summed E-state index contributed by atoms with van der Waals surface area (Å²) in [4.78, 5) is 0. The molecule has 0 aliphatic heterocycles. The maximum Gasteiger partial charge on any atom is 0.0580 e. The molecule has 0 heterocycles. The normalized spacial score (nSPS) is 12.4. The van der Waals surface area contributed by atoms with Crippen LogP contribution in [0, 0.1) is 6.92 Å². The van der Waals surface area contributed by atoms with Gasteiger partial charge in [-0.05, 0) is 48.4 Å². The van der Waals surface area contributed by atoms with Crippen molar-refractivity contribution in [3.63, 3.8) is 0 Å². The van der Waals surface area contributed by atoms with Gasteiger partial charge in [-0.15, -0.1) is 0 Å². The Balaban J connectivity index is 2.48. The van der Waals surface area contributed by atoms with E-state index in [4.69, 9.17) is 23.2 Å². The van der Waals surface area contributed by atoms with Crippen LogP contribution in [0.25, 0.3) is 0 Å². The van der Waals surface area contributed by atoms with Gasteiger partial charge in [-0.2, -0.15) is 0 Å². The van der Waals surface area contributed by atoms with E-state index in [0.29, 0.717) is 0 Å². The van der Waals surface area contributed by atoms with Crippen molar-refractivity contribution >= 4 is 23.2 Å². The molecule has 0 fully saturated rings. The second-order valence-corrected chi connectivity index (χ2v) is 5.34. The van der Waals surface area contributed by atoms with Crippen molar-refractivity contribution in [2.45, 2.75) is 19.9 Å². The minimum atomic E-state index is 0.113. The van der Waals surface area contributed by atoms with E-state index in [-0.39, 0.29) is 6.04 Å². The molecule has 19 heavy (non-hydrogen) atoms. The molecule has 1 unspecified atom stereocenters. The number of hydrogen-bond donors (Lipinski definition) is 1. The van der Waals surface area contributed by atoms with Crippen LogP contribution in [0.4, 0.5) is 0 Å². The predicted octanol–water partition coefficient (Wildman–Crippen LogP) is 5.00. The fourth-order valence-corrected chi connectivity index (χ4v) is 2.62. The zero-order chi connectivity index (χ0) is 13.8. The van der Waals surface area contributed by atoms with Gasteiger partial charge in [0.25, 0.3) is 0 Å². The van der Waals surface area contributed by atoms with E-state index in [1.54, 1.807) is 0 Å². The first kappa shape index (κ1) is 14.4. The van der Waals surface area contributed by atoms with Gasteiger partial charge in [-0.3, -0.25) is 0 Å². The maximum atomic E-state index is 6.22. The molecule has 1 nitrogen and oxygen atoms in total. The van der Waals surface area contributed by atoms with Crippen LogP contribution in [0.3, 0.4) is 0 Å². The number of halogens is 2. The van der Waals surface area contributed by atoms with Gasteiger partial charge in [0.05, 0.1) is 6.04 Å². The summed E-state index contributed by atoms with van der Waals surface area (Å²) in [6.45, 7) is 5.02. The van der Waals surface area contributed by atoms with Gasteiger partial charge in [-0.25, -0.2) is 0 Å².